The third-order valence-electron chi connectivity index (χ3n) is 6.94. The predicted octanol–water partition coefficient (Wildman–Crippen LogP) is 6.29. The summed E-state index contributed by atoms with van der Waals surface area (Å²) in [5.74, 6) is 0.123. The lowest BCUT2D eigenvalue weighted by Crippen LogP contribution is -2.45. The van der Waals surface area contributed by atoms with Gasteiger partial charge in [-0.05, 0) is 81.4 Å². The molecule has 2 amide bonds. The van der Waals surface area contributed by atoms with Gasteiger partial charge in [-0.3, -0.25) is 9.59 Å². The lowest BCUT2D eigenvalue weighted by molar-refractivity contribution is -0.133. The van der Waals surface area contributed by atoms with E-state index in [0.29, 0.717) is 47.8 Å². The second kappa shape index (κ2) is 12.8. The van der Waals surface area contributed by atoms with Gasteiger partial charge in [-0.25, -0.2) is 0 Å². The van der Waals surface area contributed by atoms with E-state index < -0.39 is 0 Å². The number of anilines is 1. The van der Waals surface area contributed by atoms with Crippen LogP contribution < -0.4 is 4.90 Å². The topological polar surface area (TPSA) is 43.9 Å². The summed E-state index contributed by atoms with van der Waals surface area (Å²) in [5.41, 5.74) is 0.796. The summed E-state index contributed by atoms with van der Waals surface area (Å²) in [6.45, 7) is 6.70. The number of amides is 2. The van der Waals surface area contributed by atoms with Gasteiger partial charge in [0, 0.05) is 43.4 Å². The van der Waals surface area contributed by atoms with Crippen molar-refractivity contribution in [3.63, 3.8) is 0 Å². The number of piperidine rings is 2. The van der Waals surface area contributed by atoms with Crippen molar-refractivity contribution in [3.8, 4) is 0 Å². The summed E-state index contributed by atoms with van der Waals surface area (Å²) >= 11 is 16.3. The molecular formula is C26H33Cl2N3O2S2. The van der Waals surface area contributed by atoms with Crippen LogP contribution in [0.25, 0.3) is 0 Å². The molecule has 1 aromatic heterocycles. The fourth-order valence-corrected chi connectivity index (χ4v) is 7.35. The molecule has 0 N–H and O–H groups in total. The quantitative estimate of drug-likeness (QED) is 0.385. The number of benzene rings is 1. The first kappa shape index (κ1) is 26.8. The van der Waals surface area contributed by atoms with Crippen molar-refractivity contribution in [3.05, 3.63) is 45.8 Å². The average molecular weight is 555 g/mol. The van der Waals surface area contributed by atoms with Crippen LogP contribution in [0.15, 0.2) is 39.9 Å². The van der Waals surface area contributed by atoms with Crippen molar-refractivity contribution in [2.24, 2.45) is 5.92 Å². The van der Waals surface area contributed by atoms with E-state index in [4.69, 9.17) is 23.2 Å². The van der Waals surface area contributed by atoms with Gasteiger partial charge in [0.05, 0.1) is 14.3 Å². The Morgan fingerprint density at radius 2 is 1.80 bits per heavy atom. The predicted molar refractivity (Wildman–Crippen MR) is 148 cm³/mol. The van der Waals surface area contributed by atoms with Crippen LogP contribution in [0.3, 0.4) is 0 Å². The van der Waals surface area contributed by atoms with E-state index in [1.54, 1.807) is 19.1 Å². The smallest absolute Gasteiger partial charge is 0.230 e. The van der Waals surface area contributed by atoms with E-state index in [9.17, 15) is 9.59 Å². The van der Waals surface area contributed by atoms with Crippen LogP contribution in [0.1, 0.15) is 39.0 Å². The van der Waals surface area contributed by atoms with Crippen LogP contribution in [0.4, 0.5) is 5.69 Å². The number of hydrogen-bond donors (Lipinski definition) is 0. The summed E-state index contributed by atoms with van der Waals surface area (Å²) in [5, 5.41) is 3.78. The Hall–Kier alpha value is -1.25. The Labute approximate surface area is 226 Å². The van der Waals surface area contributed by atoms with E-state index in [2.05, 4.69) is 22.4 Å². The summed E-state index contributed by atoms with van der Waals surface area (Å²) in [7, 11) is 0. The standard InChI is InChI=1S/C26H33Cl2N3O2S2/c1-19(32)30-15-7-20(8-16-30)26(33)31(21-5-6-23(27)24(28)18-21)12-3-11-29-13-9-22(10-14-29)35-25-4-2-17-34-25/h2,4-6,17-18,20,22H,3,7-16H2,1H3. The van der Waals surface area contributed by atoms with E-state index in [0.717, 1.165) is 31.7 Å². The number of carbonyl (C=O) groups excluding carboxylic acids is 2. The fraction of sp³-hybridized carbons (Fsp3) is 0.538. The Kier molecular flexibility index (Phi) is 9.82. The van der Waals surface area contributed by atoms with Crippen LogP contribution in [-0.2, 0) is 9.59 Å². The van der Waals surface area contributed by atoms with Crippen molar-refractivity contribution in [1.29, 1.82) is 0 Å². The molecule has 0 radical (unpaired) electrons. The number of nitrogens with zero attached hydrogens (tertiary/aromatic N) is 3. The van der Waals surface area contributed by atoms with Gasteiger partial charge >= 0.3 is 0 Å². The van der Waals surface area contributed by atoms with E-state index in [-0.39, 0.29) is 17.7 Å². The molecule has 5 nitrogen and oxygen atoms in total. The molecule has 3 heterocycles. The molecular weight excluding hydrogens is 521 g/mol. The van der Waals surface area contributed by atoms with Crippen molar-refractivity contribution in [1.82, 2.24) is 9.80 Å². The molecule has 0 saturated carbocycles. The molecule has 0 bridgehead atoms. The Morgan fingerprint density at radius 1 is 1.06 bits per heavy atom. The number of thioether (sulfide) groups is 1. The first-order valence-corrected chi connectivity index (χ1v) is 14.9. The van der Waals surface area contributed by atoms with Gasteiger partial charge in [0.25, 0.3) is 0 Å². The highest BCUT2D eigenvalue weighted by Crippen LogP contribution is 2.33. The van der Waals surface area contributed by atoms with E-state index in [1.165, 1.54) is 17.1 Å². The number of halogens is 2. The molecule has 190 valence electrons. The highest BCUT2D eigenvalue weighted by molar-refractivity contribution is 8.01. The molecule has 0 atom stereocenters. The monoisotopic (exact) mass is 553 g/mol. The molecule has 2 fully saturated rings. The first-order valence-electron chi connectivity index (χ1n) is 12.3. The third kappa shape index (κ3) is 7.39. The van der Waals surface area contributed by atoms with Crippen LogP contribution in [0.5, 0.6) is 0 Å². The minimum atomic E-state index is -0.0786. The lowest BCUT2D eigenvalue weighted by Gasteiger charge is -2.35. The maximum absolute atomic E-state index is 13.6. The molecule has 0 unspecified atom stereocenters. The average Bonchev–Trinajstić information content (AvgIpc) is 3.37. The highest BCUT2D eigenvalue weighted by Gasteiger charge is 2.30. The number of thiophene rings is 1. The second-order valence-electron chi connectivity index (χ2n) is 9.31. The highest BCUT2D eigenvalue weighted by atomic mass is 35.5. The van der Waals surface area contributed by atoms with Gasteiger partial charge in [-0.1, -0.05) is 29.3 Å². The van der Waals surface area contributed by atoms with Crippen LogP contribution in [0, 0.1) is 5.92 Å². The summed E-state index contributed by atoms with van der Waals surface area (Å²) in [6.07, 6.45) is 4.71. The minimum Gasteiger partial charge on any atom is -0.343 e. The van der Waals surface area contributed by atoms with Gasteiger partial charge in [-0.15, -0.1) is 23.1 Å². The van der Waals surface area contributed by atoms with Gasteiger partial charge in [0.1, 0.15) is 0 Å². The number of likely N-dealkylation sites (tertiary alicyclic amines) is 2. The summed E-state index contributed by atoms with van der Waals surface area (Å²) in [6, 6.07) is 9.76. The maximum atomic E-state index is 13.6. The van der Waals surface area contributed by atoms with Crippen molar-refractivity contribution < 1.29 is 9.59 Å². The number of hydrogen-bond acceptors (Lipinski definition) is 5. The molecule has 0 spiro atoms. The molecule has 0 aliphatic carbocycles. The van der Waals surface area contributed by atoms with Gasteiger partial charge in [0.15, 0.2) is 0 Å². The number of carbonyl (C=O) groups is 2. The molecule has 35 heavy (non-hydrogen) atoms. The molecule has 2 aromatic rings. The Balaban J connectivity index is 1.32. The number of rotatable bonds is 8. The second-order valence-corrected chi connectivity index (χ2v) is 12.7. The van der Waals surface area contributed by atoms with Crippen molar-refractivity contribution in [2.75, 3.05) is 44.2 Å². The van der Waals surface area contributed by atoms with Crippen LogP contribution >= 0.6 is 46.3 Å². The SMILES string of the molecule is CC(=O)N1CCC(C(=O)N(CCCN2CCC(Sc3cccs3)CC2)c2ccc(Cl)c(Cl)c2)CC1. The summed E-state index contributed by atoms with van der Waals surface area (Å²) in [4.78, 5) is 31.5. The van der Waals surface area contributed by atoms with E-state index >= 15 is 0 Å². The molecule has 1 aromatic carbocycles. The van der Waals surface area contributed by atoms with Crippen molar-refractivity contribution in [2.45, 2.75) is 48.5 Å². The van der Waals surface area contributed by atoms with E-state index in [1.807, 2.05) is 39.0 Å². The Morgan fingerprint density at radius 3 is 2.43 bits per heavy atom. The maximum Gasteiger partial charge on any atom is 0.230 e. The third-order valence-corrected chi connectivity index (χ3v) is 10.1. The van der Waals surface area contributed by atoms with Crippen LogP contribution in [0.2, 0.25) is 10.0 Å². The normalized spacial score (nSPS) is 18.1. The summed E-state index contributed by atoms with van der Waals surface area (Å²) < 4.78 is 1.41. The van der Waals surface area contributed by atoms with Crippen LogP contribution in [-0.4, -0.2) is 66.1 Å². The molecule has 9 heteroatoms. The zero-order valence-electron chi connectivity index (χ0n) is 20.1. The Bertz CT molecular complexity index is 988. The van der Waals surface area contributed by atoms with Gasteiger partial charge in [-0.2, -0.15) is 0 Å². The first-order chi connectivity index (χ1) is 16.9. The van der Waals surface area contributed by atoms with Gasteiger partial charge in [0.2, 0.25) is 11.8 Å². The lowest BCUT2D eigenvalue weighted by atomic mass is 9.94. The molecule has 2 aliphatic rings. The molecule has 2 saturated heterocycles. The minimum absolute atomic E-state index is 0.0785. The van der Waals surface area contributed by atoms with Gasteiger partial charge < -0.3 is 14.7 Å². The largest absolute Gasteiger partial charge is 0.343 e. The zero-order chi connectivity index (χ0) is 24.8. The zero-order valence-corrected chi connectivity index (χ0v) is 23.3. The van der Waals surface area contributed by atoms with Crippen molar-refractivity contribution >= 4 is 63.8 Å². The molecule has 2 aliphatic heterocycles. The molecule has 4 rings (SSSR count). The fourth-order valence-electron chi connectivity index (χ4n) is 4.88.